The van der Waals surface area contributed by atoms with E-state index in [4.69, 9.17) is 4.74 Å². The maximum Gasteiger partial charge on any atom is 0.302 e. The second kappa shape index (κ2) is 8.05. The normalized spacial score (nSPS) is 10.0. The lowest BCUT2D eigenvalue weighted by Gasteiger charge is -2.14. The van der Waals surface area contributed by atoms with Crippen LogP contribution in [0.2, 0.25) is 0 Å². The van der Waals surface area contributed by atoms with Gasteiger partial charge in [0.15, 0.2) is 0 Å². The zero-order valence-corrected chi connectivity index (χ0v) is 9.64. The molecule has 80 valence electrons. The van der Waals surface area contributed by atoms with Gasteiger partial charge in [-0.2, -0.15) is 0 Å². The van der Waals surface area contributed by atoms with Gasteiger partial charge in [-0.3, -0.25) is 4.79 Å². The van der Waals surface area contributed by atoms with E-state index in [1.807, 2.05) is 27.7 Å². The van der Waals surface area contributed by atoms with Crippen molar-refractivity contribution in [3.63, 3.8) is 0 Å². The summed E-state index contributed by atoms with van der Waals surface area (Å²) in [7, 11) is 1.71. The highest BCUT2D eigenvalue weighted by molar-refractivity contribution is 5.65. The van der Waals surface area contributed by atoms with Crippen LogP contribution in [-0.2, 0) is 14.3 Å². The summed E-state index contributed by atoms with van der Waals surface area (Å²) in [5.41, 5.74) is 0.0417. The minimum Gasteiger partial charge on any atom is -0.466 e. The third-order valence-electron chi connectivity index (χ3n) is 1.12. The highest BCUT2D eigenvalue weighted by atomic mass is 16.5. The van der Waals surface area contributed by atoms with Crippen molar-refractivity contribution in [1.82, 2.24) is 0 Å². The first-order valence-corrected chi connectivity index (χ1v) is 4.52. The monoisotopic (exact) mass is 190 g/mol. The highest BCUT2D eigenvalue weighted by Gasteiger charge is 2.03. The number of esters is 1. The Morgan fingerprint density at radius 2 is 1.69 bits per heavy atom. The molecule has 0 aliphatic rings. The summed E-state index contributed by atoms with van der Waals surface area (Å²) in [6.45, 7) is 9.99. The van der Waals surface area contributed by atoms with Crippen molar-refractivity contribution in [3.05, 3.63) is 0 Å². The van der Waals surface area contributed by atoms with Crippen molar-refractivity contribution in [3.8, 4) is 0 Å². The van der Waals surface area contributed by atoms with Crippen molar-refractivity contribution >= 4 is 5.97 Å². The van der Waals surface area contributed by atoms with Gasteiger partial charge in [-0.25, -0.2) is 0 Å². The van der Waals surface area contributed by atoms with Crippen LogP contribution >= 0.6 is 0 Å². The summed E-state index contributed by atoms with van der Waals surface area (Å²) in [6, 6.07) is 0. The van der Waals surface area contributed by atoms with Crippen molar-refractivity contribution in [2.24, 2.45) is 0 Å². The molecule has 3 nitrogen and oxygen atoms in total. The summed E-state index contributed by atoms with van der Waals surface area (Å²) in [5, 5.41) is 0. The van der Waals surface area contributed by atoms with Crippen LogP contribution < -0.4 is 0 Å². The third kappa shape index (κ3) is 24.6. The molecule has 0 unspecified atom stereocenters. The Balaban J connectivity index is 0. The number of carbonyl (C=O) groups is 1. The van der Waals surface area contributed by atoms with E-state index in [9.17, 15) is 4.79 Å². The van der Waals surface area contributed by atoms with E-state index in [2.05, 4.69) is 4.74 Å². The van der Waals surface area contributed by atoms with Gasteiger partial charge in [-0.1, -0.05) is 6.92 Å². The minimum atomic E-state index is -0.193. The van der Waals surface area contributed by atoms with Crippen molar-refractivity contribution in [2.45, 2.75) is 46.6 Å². The second-order valence-electron chi connectivity index (χ2n) is 3.66. The quantitative estimate of drug-likeness (QED) is 0.627. The average Bonchev–Trinajstić information content (AvgIpc) is 2.01. The molecule has 0 saturated heterocycles. The van der Waals surface area contributed by atoms with Crippen LogP contribution in [0.15, 0.2) is 0 Å². The smallest absolute Gasteiger partial charge is 0.302 e. The Bertz CT molecular complexity index is 125. The Morgan fingerprint density at radius 3 is 1.77 bits per heavy atom. The van der Waals surface area contributed by atoms with E-state index in [1.165, 1.54) is 6.92 Å². The van der Waals surface area contributed by atoms with E-state index in [-0.39, 0.29) is 11.6 Å². The van der Waals surface area contributed by atoms with E-state index < -0.39 is 0 Å². The molecule has 0 bridgehead atoms. The van der Waals surface area contributed by atoms with Crippen LogP contribution in [0.4, 0.5) is 0 Å². The number of carbonyl (C=O) groups excluding carboxylic acids is 1. The largest absolute Gasteiger partial charge is 0.466 e. The summed E-state index contributed by atoms with van der Waals surface area (Å²) in [6.07, 6.45) is 0.902. The van der Waals surface area contributed by atoms with Gasteiger partial charge < -0.3 is 9.47 Å². The fraction of sp³-hybridized carbons (Fsp3) is 0.900. The number of hydrogen-bond acceptors (Lipinski definition) is 3. The number of hydrogen-bond donors (Lipinski definition) is 0. The molecule has 0 aliphatic heterocycles. The first-order valence-electron chi connectivity index (χ1n) is 4.52. The number of rotatable bonds is 2. The zero-order chi connectivity index (χ0) is 10.9. The first kappa shape index (κ1) is 14.9. The van der Waals surface area contributed by atoms with Gasteiger partial charge in [0.05, 0.1) is 12.2 Å². The molecule has 0 fully saturated rings. The van der Waals surface area contributed by atoms with E-state index in [1.54, 1.807) is 7.11 Å². The van der Waals surface area contributed by atoms with Crippen LogP contribution in [-0.4, -0.2) is 25.3 Å². The van der Waals surface area contributed by atoms with Crippen molar-refractivity contribution < 1.29 is 14.3 Å². The molecule has 0 N–H and O–H groups in total. The predicted octanol–water partition coefficient (Wildman–Crippen LogP) is 2.39. The second-order valence-corrected chi connectivity index (χ2v) is 3.66. The summed E-state index contributed by atoms with van der Waals surface area (Å²) < 4.78 is 9.49. The molecule has 0 amide bonds. The Hall–Kier alpha value is -0.570. The van der Waals surface area contributed by atoms with E-state index >= 15 is 0 Å². The van der Waals surface area contributed by atoms with Gasteiger partial charge in [-0.05, 0) is 27.2 Å². The number of ether oxygens (including phenoxy) is 2. The minimum absolute atomic E-state index is 0.0417. The summed E-state index contributed by atoms with van der Waals surface area (Å²) >= 11 is 0. The van der Waals surface area contributed by atoms with Gasteiger partial charge in [0, 0.05) is 14.0 Å². The molecule has 0 spiro atoms. The third-order valence-corrected chi connectivity index (χ3v) is 1.12. The molecule has 0 aromatic heterocycles. The molecular formula is C10H22O3. The SMILES string of the molecule is CCCOC(C)=O.COC(C)(C)C. The molecular weight excluding hydrogens is 168 g/mol. The molecule has 0 aromatic carbocycles. The number of methoxy groups -OCH3 is 1. The molecule has 0 aliphatic carbocycles. The first-order chi connectivity index (χ1) is 5.83. The van der Waals surface area contributed by atoms with Gasteiger partial charge in [0.2, 0.25) is 0 Å². The molecule has 13 heavy (non-hydrogen) atoms. The lowest BCUT2D eigenvalue weighted by molar-refractivity contribution is -0.140. The van der Waals surface area contributed by atoms with Crippen molar-refractivity contribution in [1.29, 1.82) is 0 Å². The van der Waals surface area contributed by atoms with Crippen LogP contribution in [0, 0.1) is 0 Å². The van der Waals surface area contributed by atoms with E-state index in [0.717, 1.165) is 6.42 Å². The van der Waals surface area contributed by atoms with Gasteiger partial charge in [0.1, 0.15) is 0 Å². The Kier molecular flexibility index (Phi) is 9.24. The molecule has 0 aromatic rings. The molecule has 0 atom stereocenters. The van der Waals surface area contributed by atoms with E-state index in [0.29, 0.717) is 6.61 Å². The lowest BCUT2D eigenvalue weighted by Crippen LogP contribution is -2.15. The van der Waals surface area contributed by atoms with Gasteiger partial charge >= 0.3 is 5.97 Å². The molecule has 0 rings (SSSR count). The fourth-order valence-electron chi connectivity index (χ4n) is 0.246. The molecule has 3 heteroatoms. The molecule has 0 saturated carbocycles. The van der Waals surface area contributed by atoms with Crippen molar-refractivity contribution in [2.75, 3.05) is 13.7 Å². The van der Waals surface area contributed by atoms with Crippen LogP contribution in [0.1, 0.15) is 41.0 Å². The Labute approximate surface area is 81.4 Å². The highest BCUT2D eigenvalue weighted by Crippen LogP contribution is 2.02. The summed E-state index contributed by atoms with van der Waals surface area (Å²) in [5.74, 6) is -0.193. The van der Waals surface area contributed by atoms with Crippen LogP contribution in [0.3, 0.4) is 0 Å². The Morgan fingerprint density at radius 1 is 1.31 bits per heavy atom. The average molecular weight is 190 g/mol. The zero-order valence-electron chi connectivity index (χ0n) is 9.64. The molecule has 0 radical (unpaired) electrons. The standard InChI is InChI=1S/C5H10O2.C5H12O/c1-3-4-7-5(2)6;1-5(2,3)6-4/h3-4H2,1-2H3;1-4H3. The van der Waals surface area contributed by atoms with Crippen LogP contribution in [0.25, 0.3) is 0 Å². The van der Waals surface area contributed by atoms with Gasteiger partial charge in [-0.15, -0.1) is 0 Å². The predicted molar refractivity (Wildman–Crippen MR) is 53.7 cm³/mol. The maximum absolute atomic E-state index is 9.98. The topological polar surface area (TPSA) is 35.5 Å². The summed E-state index contributed by atoms with van der Waals surface area (Å²) in [4.78, 5) is 9.98. The maximum atomic E-state index is 9.98. The van der Waals surface area contributed by atoms with Gasteiger partial charge in [0.25, 0.3) is 0 Å². The van der Waals surface area contributed by atoms with Crippen LogP contribution in [0.5, 0.6) is 0 Å². The molecule has 0 heterocycles. The lowest BCUT2D eigenvalue weighted by atomic mass is 10.2. The fourth-order valence-corrected chi connectivity index (χ4v) is 0.246.